The molecule has 0 aliphatic rings. The summed E-state index contributed by atoms with van der Waals surface area (Å²) in [5, 5.41) is 3.29. The summed E-state index contributed by atoms with van der Waals surface area (Å²) in [4.78, 5) is 11.7. The summed E-state index contributed by atoms with van der Waals surface area (Å²) < 4.78 is 5.85. The molecule has 104 valence electrons. The van der Waals surface area contributed by atoms with Gasteiger partial charge in [-0.05, 0) is 59.3 Å². The molecule has 5 heteroatoms. The van der Waals surface area contributed by atoms with Crippen molar-refractivity contribution in [1.29, 1.82) is 0 Å². The zero-order valence-corrected chi connectivity index (χ0v) is 13.4. The lowest BCUT2D eigenvalue weighted by Crippen LogP contribution is -2.08. The molecular weight excluding hydrogens is 367 g/mol. The van der Waals surface area contributed by atoms with E-state index in [0.717, 1.165) is 20.5 Å². The lowest BCUT2D eigenvalue weighted by atomic mass is 10.1. The SMILES string of the molecule is COC(=O)c1cc(Nc2ccccc2I)cc(C)c1N. The van der Waals surface area contributed by atoms with Gasteiger partial charge in [0.15, 0.2) is 0 Å². The molecule has 2 aromatic carbocycles. The van der Waals surface area contributed by atoms with Crippen LogP contribution in [0, 0.1) is 10.5 Å². The first-order valence-corrected chi connectivity index (χ1v) is 7.10. The summed E-state index contributed by atoms with van der Waals surface area (Å²) in [5.41, 5.74) is 9.37. The summed E-state index contributed by atoms with van der Waals surface area (Å²) in [6.07, 6.45) is 0. The Bertz CT molecular complexity index is 656. The zero-order chi connectivity index (χ0) is 14.7. The van der Waals surface area contributed by atoms with E-state index in [1.807, 2.05) is 37.3 Å². The molecule has 0 bridgehead atoms. The molecule has 20 heavy (non-hydrogen) atoms. The maximum Gasteiger partial charge on any atom is 0.340 e. The van der Waals surface area contributed by atoms with Crippen LogP contribution in [0.5, 0.6) is 0 Å². The Labute approximate surface area is 131 Å². The number of hydrogen-bond donors (Lipinski definition) is 2. The van der Waals surface area contributed by atoms with Gasteiger partial charge < -0.3 is 15.8 Å². The first-order valence-electron chi connectivity index (χ1n) is 6.03. The highest BCUT2D eigenvalue weighted by Gasteiger charge is 2.13. The molecule has 0 amide bonds. The Morgan fingerprint density at radius 1 is 1.30 bits per heavy atom. The molecule has 0 aliphatic heterocycles. The lowest BCUT2D eigenvalue weighted by molar-refractivity contribution is 0.0602. The molecule has 2 rings (SSSR count). The number of methoxy groups -OCH3 is 1. The molecule has 0 aliphatic carbocycles. The smallest absolute Gasteiger partial charge is 0.340 e. The van der Waals surface area contributed by atoms with E-state index in [-0.39, 0.29) is 0 Å². The van der Waals surface area contributed by atoms with Crippen molar-refractivity contribution in [2.24, 2.45) is 0 Å². The van der Waals surface area contributed by atoms with E-state index in [9.17, 15) is 4.79 Å². The first-order chi connectivity index (χ1) is 9.52. The highest BCUT2D eigenvalue weighted by atomic mass is 127. The second kappa shape index (κ2) is 6.13. The van der Waals surface area contributed by atoms with Crippen LogP contribution in [0.3, 0.4) is 0 Å². The van der Waals surface area contributed by atoms with Crippen LogP contribution in [0.15, 0.2) is 36.4 Å². The van der Waals surface area contributed by atoms with Gasteiger partial charge in [0, 0.05) is 14.9 Å². The quantitative estimate of drug-likeness (QED) is 0.483. The summed E-state index contributed by atoms with van der Waals surface area (Å²) >= 11 is 2.25. The number of nitrogens with one attached hydrogen (secondary N) is 1. The van der Waals surface area contributed by atoms with E-state index in [0.29, 0.717) is 11.3 Å². The summed E-state index contributed by atoms with van der Waals surface area (Å²) in [6.45, 7) is 1.86. The van der Waals surface area contributed by atoms with Crippen molar-refractivity contribution < 1.29 is 9.53 Å². The number of aryl methyl sites for hydroxylation is 1. The van der Waals surface area contributed by atoms with Gasteiger partial charge >= 0.3 is 5.97 Å². The molecule has 0 spiro atoms. The number of rotatable bonds is 3. The van der Waals surface area contributed by atoms with Crippen molar-refractivity contribution >= 4 is 45.6 Å². The fourth-order valence-electron chi connectivity index (χ4n) is 1.87. The topological polar surface area (TPSA) is 64.3 Å². The highest BCUT2D eigenvalue weighted by molar-refractivity contribution is 14.1. The minimum absolute atomic E-state index is 0.376. The van der Waals surface area contributed by atoms with E-state index >= 15 is 0 Å². The molecule has 0 aromatic heterocycles. The average Bonchev–Trinajstić information content (AvgIpc) is 2.44. The van der Waals surface area contributed by atoms with E-state index in [1.165, 1.54) is 7.11 Å². The van der Waals surface area contributed by atoms with Crippen LogP contribution in [0.25, 0.3) is 0 Å². The van der Waals surface area contributed by atoms with Crippen molar-refractivity contribution in [2.75, 3.05) is 18.2 Å². The molecule has 0 atom stereocenters. The number of halogens is 1. The van der Waals surface area contributed by atoms with E-state index in [4.69, 9.17) is 10.5 Å². The van der Waals surface area contributed by atoms with Crippen molar-refractivity contribution in [1.82, 2.24) is 0 Å². The van der Waals surface area contributed by atoms with Crippen LogP contribution in [-0.4, -0.2) is 13.1 Å². The van der Waals surface area contributed by atoms with Gasteiger partial charge in [0.25, 0.3) is 0 Å². The minimum atomic E-state index is -0.433. The lowest BCUT2D eigenvalue weighted by Gasteiger charge is -2.13. The Balaban J connectivity index is 2.41. The largest absolute Gasteiger partial charge is 0.465 e. The number of nitrogen functional groups attached to an aromatic ring is 1. The van der Waals surface area contributed by atoms with Gasteiger partial charge in [-0.3, -0.25) is 0 Å². The number of benzene rings is 2. The molecule has 0 saturated heterocycles. The summed E-state index contributed by atoms with van der Waals surface area (Å²) in [7, 11) is 1.34. The molecule has 0 unspecified atom stereocenters. The predicted molar refractivity (Wildman–Crippen MR) is 89.4 cm³/mol. The number of carbonyl (C=O) groups is 1. The average molecular weight is 382 g/mol. The van der Waals surface area contributed by atoms with Crippen LogP contribution in [0.1, 0.15) is 15.9 Å². The number of carbonyl (C=O) groups excluding carboxylic acids is 1. The van der Waals surface area contributed by atoms with E-state index < -0.39 is 5.97 Å². The fourth-order valence-corrected chi connectivity index (χ4v) is 2.39. The molecule has 0 saturated carbocycles. The Morgan fingerprint density at radius 3 is 2.65 bits per heavy atom. The zero-order valence-electron chi connectivity index (χ0n) is 11.2. The molecular formula is C15H15IN2O2. The summed E-state index contributed by atoms with van der Waals surface area (Å²) in [6, 6.07) is 11.5. The third kappa shape index (κ3) is 3.04. The van der Waals surface area contributed by atoms with Gasteiger partial charge in [-0.2, -0.15) is 0 Å². The number of hydrogen-bond acceptors (Lipinski definition) is 4. The molecule has 0 fully saturated rings. The van der Waals surface area contributed by atoms with Crippen molar-refractivity contribution in [3.05, 3.63) is 51.1 Å². The third-order valence-corrected chi connectivity index (χ3v) is 3.89. The van der Waals surface area contributed by atoms with Crippen LogP contribution >= 0.6 is 22.6 Å². The number of anilines is 3. The highest BCUT2D eigenvalue weighted by Crippen LogP contribution is 2.27. The number of ether oxygens (including phenoxy) is 1. The Morgan fingerprint density at radius 2 is 2.00 bits per heavy atom. The van der Waals surface area contributed by atoms with Crippen LogP contribution in [0.4, 0.5) is 17.1 Å². The van der Waals surface area contributed by atoms with Crippen LogP contribution in [-0.2, 0) is 4.74 Å². The predicted octanol–water partition coefficient (Wildman–Crippen LogP) is 3.71. The van der Waals surface area contributed by atoms with Crippen molar-refractivity contribution in [3.63, 3.8) is 0 Å². The second-order valence-electron chi connectivity index (χ2n) is 4.35. The fraction of sp³-hybridized carbons (Fsp3) is 0.133. The number of nitrogens with two attached hydrogens (primary N) is 1. The second-order valence-corrected chi connectivity index (χ2v) is 5.51. The van der Waals surface area contributed by atoms with Gasteiger partial charge in [0.1, 0.15) is 0 Å². The van der Waals surface area contributed by atoms with Gasteiger partial charge in [-0.1, -0.05) is 12.1 Å². The first kappa shape index (κ1) is 14.6. The normalized spacial score (nSPS) is 10.2. The Hall–Kier alpha value is -1.76. The molecule has 0 radical (unpaired) electrons. The molecule has 4 nitrogen and oxygen atoms in total. The van der Waals surface area contributed by atoms with Crippen LogP contribution < -0.4 is 11.1 Å². The third-order valence-electron chi connectivity index (χ3n) is 2.95. The number of esters is 1. The standard InChI is InChI=1S/C15H15IN2O2/c1-9-7-10(8-11(14(9)17)15(19)20-2)18-13-6-4-3-5-12(13)16/h3-8,18H,17H2,1-2H3. The Kier molecular flexibility index (Phi) is 4.49. The van der Waals surface area contributed by atoms with Gasteiger partial charge in [-0.15, -0.1) is 0 Å². The van der Waals surface area contributed by atoms with E-state index in [1.54, 1.807) is 6.07 Å². The van der Waals surface area contributed by atoms with Crippen molar-refractivity contribution in [2.45, 2.75) is 6.92 Å². The molecule has 0 heterocycles. The van der Waals surface area contributed by atoms with Crippen LogP contribution in [0.2, 0.25) is 0 Å². The van der Waals surface area contributed by atoms with Crippen molar-refractivity contribution in [3.8, 4) is 0 Å². The number of para-hydroxylation sites is 1. The maximum atomic E-state index is 11.7. The monoisotopic (exact) mass is 382 g/mol. The van der Waals surface area contributed by atoms with E-state index in [2.05, 4.69) is 27.9 Å². The van der Waals surface area contributed by atoms with Gasteiger partial charge in [0.2, 0.25) is 0 Å². The molecule has 2 aromatic rings. The van der Waals surface area contributed by atoms with Gasteiger partial charge in [-0.25, -0.2) is 4.79 Å². The maximum absolute atomic E-state index is 11.7. The molecule has 3 N–H and O–H groups in total. The van der Waals surface area contributed by atoms with Gasteiger partial charge in [0.05, 0.1) is 18.4 Å². The minimum Gasteiger partial charge on any atom is -0.465 e. The summed E-state index contributed by atoms with van der Waals surface area (Å²) in [5.74, 6) is -0.433.